The van der Waals surface area contributed by atoms with E-state index in [-0.39, 0.29) is 6.42 Å². The van der Waals surface area contributed by atoms with E-state index >= 15 is 0 Å². The zero-order valence-electron chi connectivity index (χ0n) is 16.0. The lowest BCUT2D eigenvalue weighted by molar-refractivity contribution is -0.137. The summed E-state index contributed by atoms with van der Waals surface area (Å²) < 4.78 is 6.84. The lowest BCUT2D eigenvalue weighted by Gasteiger charge is -2.07. The van der Waals surface area contributed by atoms with Crippen molar-refractivity contribution in [2.45, 2.75) is 32.1 Å². The molecule has 0 unspecified atom stereocenters. The fraction of sp³-hybridized carbons (Fsp3) is 0.261. The van der Waals surface area contributed by atoms with Gasteiger partial charge in [-0.3, -0.25) is 4.79 Å². The molecule has 0 aliphatic rings. The Morgan fingerprint density at radius 2 is 2.03 bits per heavy atom. The van der Waals surface area contributed by atoms with Crippen molar-refractivity contribution in [3.8, 4) is 11.8 Å². The lowest BCUT2D eigenvalue weighted by Crippen LogP contribution is -1.97. The summed E-state index contributed by atoms with van der Waals surface area (Å²) in [7, 11) is 0. The third kappa shape index (κ3) is 6.16. The standard InChI is InChI=1S/C23H22N2O3S/c24-13-3-4-14-28-19-9-5-7-17(16-19)15-18(8-6-12-22(26)27)23-25-20-10-1-2-11-21(20)29-23/h1-2,5,7,9-11,15-16H,3-4,6,8,12,14H2,(H,26,27)/b18-15-. The van der Waals surface area contributed by atoms with Gasteiger partial charge in [0.15, 0.2) is 0 Å². The van der Waals surface area contributed by atoms with Gasteiger partial charge in [-0.25, -0.2) is 4.98 Å². The Hall–Kier alpha value is -3.17. The van der Waals surface area contributed by atoms with Gasteiger partial charge in [-0.2, -0.15) is 5.26 Å². The van der Waals surface area contributed by atoms with Gasteiger partial charge in [0, 0.05) is 12.8 Å². The molecule has 29 heavy (non-hydrogen) atoms. The highest BCUT2D eigenvalue weighted by molar-refractivity contribution is 7.19. The molecule has 2 aromatic carbocycles. The average molecular weight is 407 g/mol. The van der Waals surface area contributed by atoms with Gasteiger partial charge in [-0.1, -0.05) is 24.3 Å². The number of nitrogens with zero attached hydrogens (tertiary/aromatic N) is 2. The van der Waals surface area contributed by atoms with E-state index in [0.717, 1.165) is 32.1 Å². The van der Waals surface area contributed by atoms with Crippen LogP contribution in [0.3, 0.4) is 0 Å². The van der Waals surface area contributed by atoms with Crippen LogP contribution in [0.5, 0.6) is 5.75 Å². The van der Waals surface area contributed by atoms with Gasteiger partial charge in [0.1, 0.15) is 10.8 Å². The first-order valence-corrected chi connectivity index (χ1v) is 10.4. The second-order valence-corrected chi connectivity index (χ2v) is 7.62. The summed E-state index contributed by atoms with van der Waals surface area (Å²) in [4.78, 5) is 15.7. The van der Waals surface area contributed by atoms with Crippen molar-refractivity contribution in [3.05, 3.63) is 59.1 Å². The molecule has 148 valence electrons. The minimum Gasteiger partial charge on any atom is -0.494 e. The molecule has 0 bridgehead atoms. The van der Waals surface area contributed by atoms with Gasteiger partial charge in [-0.05, 0) is 60.7 Å². The smallest absolute Gasteiger partial charge is 0.303 e. The highest BCUT2D eigenvalue weighted by Crippen LogP contribution is 2.31. The van der Waals surface area contributed by atoms with Crippen molar-refractivity contribution in [2.75, 3.05) is 6.61 Å². The number of hydrogen-bond donors (Lipinski definition) is 1. The molecule has 6 heteroatoms. The first-order valence-electron chi connectivity index (χ1n) is 9.54. The molecule has 1 aromatic heterocycles. The zero-order valence-corrected chi connectivity index (χ0v) is 16.8. The van der Waals surface area contributed by atoms with Crippen LogP contribution in [0.2, 0.25) is 0 Å². The predicted octanol–water partition coefficient (Wildman–Crippen LogP) is 5.77. The van der Waals surface area contributed by atoms with Gasteiger partial charge in [-0.15, -0.1) is 11.3 Å². The number of thiazole rings is 1. The molecule has 5 nitrogen and oxygen atoms in total. The van der Waals surface area contributed by atoms with Crippen molar-refractivity contribution in [3.63, 3.8) is 0 Å². The minimum atomic E-state index is -0.790. The van der Waals surface area contributed by atoms with E-state index in [2.05, 4.69) is 12.1 Å². The normalized spacial score (nSPS) is 11.3. The Morgan fingerprint density at radius 1 is 1.17 bits per heavy atom. The molecule has 0 atom stereocenters. The average Bonchev–Trinajstić information content (AvgIpc) is 3.15. The van der Waals surface area contributed by atoms with Crippen LogP contribution in [0.4, 0.5) is 0 Å². The van der Waals surface area contributed by atoms with Crippen LogP contribution in [-0.4, -0.2) is 22.7 Å². The number of fused-ring (bicyclic) bond motifs is 1. The van der Waals surface area contributed by atoms with Crippen molar-refractivity contribution < 1.29 is 14.6 Å². The summed E-state index contributed by atoms with van der Waals surface area (Å²) in [6, 6.07) is 17.9. The number of carboxylic acid groups (broad SMARTS) is 1. The topological polar surface area (TPSA) is 83.2 Å². The number of benzene rings is 2. The maximum atomic E-state index is 10.9. The molecule has 3 aromatic rings. The number of carboxylic acids is 1. The van der Waals surface area contributed by atoms with Crippen LogP contribution in [0.1, 0.15) is 42.7 Å². The second-order valence-electron chi connectivity index (χ2n) is 6.59. The number of unbranched alkanes of at least 4 members (excludes halogenated alkanes) is 1. The molecule has 0 saturated carbocycles. The molecule has 0 radical (unpaired) electrons. The van der Waals surface area contributed by atoms with E-state index in [9.17, 15) is 4.79 Å². The zero-order chi connectivity index (χ0) is 20.5. The van der Waals surface area contributed by atoms with E-state index in [1.165, 1.54) is 0 Å². The second kappa shape index (κ2) is 10.4. The van der Waals surface area contributed by atoms with Crippen LogP contribution in [0, 0.1) is 11.3 Å². The Kier molecular flexibility index (Phi) is 7.37. The highest BCUT2D eigenvalue weighted by Gasteiger charge is 2.10. The highest BCUT2D eigenvalue weighted by atomic mass is 32.1. The molecule has 1 heterocycles. The monoisotopic (exact) mass is 406 g/mol. The SMILES string of the molecule is N#CCCCOc1cccc(/C=C(/CCCC(=O)O)c2nc3ccccc3s2)c1. The summed E-state index contributed by atoms with van der Waals surface area (Å²) in [6.07, 6.45) is 4.56. The fourth-order valence-corrected chi connectivity index (χ4v) is 3.93. The number of aliphatic carboxylic acids is 1. The molecule has 0 saturated heterocycles. The van der Waals surface area contributed by atoms with E-state index in [1.54, 1.807) is 11.3 Å². The third-order valence-electron chi connectivity index (χ3n) is 4.31. The molecule has 0 spiro atoms. The van der Waals surface area contributed by atoms with E-state index in [1.807, 2.05) is 48.5 Å². The summed E-state index contributed by atoms with van der Waals surface area (Å²) in [5.41, 5.74) is 2.95. The molecule has 0 fully saturated rings. The van der Waals surface area contributed by atoms with Gasteiger partial charge < -0.3 is 9.84 Å². The molecular formula is C23H22N2O3S. The minimum absolute atomic E-state index is 0.129. The molecule has 1 N–H and O–H groups in total. The third-order valence-corrected chi connectivity index (χ3v) is 5.42. The lowest BCUT2D eigenvalue weighted by atomic mass is 10.1. The quantitative estimate of drug-likeness (QED) is 0.432. The maximum Gasteiger partial charge on any atom is 0.303 e. The first kappa shape index (κ1) is 20.6. The largest absolute Gasteiger partial charge is 0.494 e. The summed E-state index contributed by atoms with van der Waals surface area (Å²) in [6.45, 7) is 0.504. The first-order chi connectivity index (χ1) is 14.2. The Labute approximate surface area is 173 Å². The Morgan fingerprint density at radius 3 is 2.83 bits per heavy atom. The van der Waals surface area contributed by atoms with Crippen LogP contribution in [0.15, 0.2) is 48.5 Å². The van der Waals surface area contributed by atoms with E-state index in [4.69, 9.17) is 20.1 Å². The number of para-hydroxylation sites is 1. The number of carbonyl (C=O) groups is 1. The van der Waals surface area contributed by atoms with Crippen LogP contribution < -0.4 is 4.74 Å². The van der Waals surface area contributed by atoms with Crippen molar-refractivity contribution in [2.24, 2.45) is 0 Å². The van der Waals surface area contributed by atoms with Crippen molar-refractivity contribution >= 4 is 39.2 Å². The van der Waals surface area contributed by atoms with Crippen LogP contribution in [-0.2, 0) is 4.79 Å². The summed E-state index contributed by atoms with van der Waals surface area (Å²) in [5, 5.41) is 18.5. The van der Waals surface area contributed by atoms with Crippen LogP contribution in [0.25, 0.3) is 21.9 Å². The summed E-state index contributed by atoms with van der Waals surface area (Å²) in [5.74, 6) is -0.0349. The predicted molar refractivity (Wildman–Crippen MR) is 116 cm³/mol. The number of aromatic nitrogens is 1. The number of ether oxygens (including phenoxy) is 1. The van der Waals surface area contributed by atoms with Gasteiger partial charge in [0.25, 0.3) is 0 Å². The molecule has 0 aliphatic carbocycles. The van der Waals surface area contributed by atoms with E-state index < -0.39 is 5.97 Å². The van der Waals surface area contributed by atoms with Gasteiger partial charge >= 0.3 is 5.97 Å². The van der Waals surface area contributed by atoms with Crippen molar-refractivity contribution in [1.82, 2.24) is 4.98 Å². The molecule has 3 rings (SSSR count). The maximum absolute atomic E-state index is 10.9. The van der Waals surface area contributed by atoms with Gasteiger partial charge in [0.2, 0.25) is 0 Å². The summed E-state index contributed by atoms with van der Waals surface area (Å²) >= 11 is 1.62. The number of rotatable bonds is 10. The van der Waals surface area contributed by atoms with Gasteiger partial charge in [0.05, 0.1) is 22.9 Å². The number of hydrogen-bond acceptors (Lipinski definition) is 5. The Balaban J connectivity index is 1.84. The van der Waals surface area contributed by atoms with Crippen LogP contribution >= 0.6 is 11.3 Å². The molecule has 0 amide bonds. The number of allylic oxidation sites excluding steroid dienone is 1. The molecule has 0 aliphatic heterocycles. The fourth-order valence-electron chi connectivity index (χ4n) is 2.92. The van der Waals surface area contributed by atoms with Crippen molar-refractivity contribution in [1.29, 1.82) is 5.26 Å². The van der Waals surface area contributed by atoms with E-state index in [0.29, 0.717) is 32.3 Å². The number of nitriles is 1. The Bertz CT molecular complexity index is 1020. The molecular weight excluding hydrogens is 384 g/mol.